The number of Topliss-reactive ketones (excluding diaryl/α,β-unsaturated/α-hetero) is 2. The zero-order valence-corrected chi connectivity index (χ0v) is 30.7. The van der Waals surface area contributed by atoms with Crippen molar-refractivity contribution in [3.63, 3.8) is 0 Å². The Hall–Kier alpha value is -4.27. The van der Waals surface area contributed by atoms with Crippen LogP contribution in [0.15, 0.2) is 36.4 Å². The predicted molar refractivity (Wildman–Crippen MR) is 198 cm³/mol. The van der Waals surface area contributed by atoms with E-state index in [0.29, 0.717) is 34.5 Å². The predicted octanol–water partition coefficient (Wildman–Crippen LogP) is 5.53. The van der Waals surface area contributed by atoms with Crippen molar-refractivity contribution in [3.05, 3.63) is 47.5 Å². The Labute approximate surface area is 303 Å². The molecule has 0 saturated carbocycles. The number of fused-ring (bicyclic) bond motifs is 5. The van der Waals surface area contributed by atoms with Crippen LogP contribution >= 0.6 is 0 Å². The molecule has 0 fully saturated rings. The summed E-state index contributed by atoms with van der Waals surface area (Å²) in [5, 5.41) is 26.4. The Morgan fingerprint density at radius 1 is 1.00 bits per heavy atom. The van der Waals surface area contributed by atoms with E-state index in [2.05, 4.69) is 17.6 Å². The quantitative estimate of drug-likeness (QED) is 0.137. The molecule has 11 heteroatoms. The van der Waals surface area contributed by atoms with Gasteiger partial charge in [0.2, 0.25) is 11.8 Å². The van der Waals surface area contributed by atoms with Gasteiger partial charge >= 0.3 is 0 Å². The van der Waals surface area contributed by atoms with Crippen molar-refractivity contribution in [2.24, 2.45) is 11.7 Å². The first kappa shape index (κ1) is 41.2. The van der Waals surface area contributed by atoms with Crippen molar-refractivity contribution in [1.29, 1.82) is 5.26 Å². The van der Waals surface area contributed by atoms with Crippen molar-refractivity contribution < 1.29 is 29.0 Å². The molecule has 2 aromatic carbocycles. The lowest BCUT2D eigenvalue weighted by Crippen LogP contribution is -2.45. The summed E-state index contributed by atoms with van der Waals surface area (Å²) in [6.07, 6.45) is 9.89. The fraction of sp³-hybridized carbons (Fsp3) is 0.575. The highest BCUT2D eigenvalue weighted by atomic mass is 16.5. The summed E-state index contributed by atoms with van der Waals surface area (Å²) in [5.41, 5.74) is 7.79. The second-order valence-electron chi connectivity index (χ2n) is 13.6. The van der Waals surface area contributed by atoms with Gasteiger partial charge in [0.25, 0.3) is 0 Å². The van der Waals surface area contributed by atoms with Crippen LogP contribution in [0.3, 0.4) is 0 Å². The Morgan fingerprint density at radius 3 is 2.43 bits per heavy atom. The van der Waals surface area contributed by atoms with Gasteiger partial charge < -0.3 is 31.1 Å². The molecule has 4 bridgehead atoms. The fourth-order valence-corrected chi connectivity index (χ4v) is 6.45. The number of phenols is 1. The molecule has 3 atom stereocenters. The van der Waals surface area contributed by atoms with Crippen LogP contribution < -0.4 is 21.1 Å². The van der Waals surface area contributed by atoms with Gasteiger partial charge in [-0.3, -0.25) is 19.2 Å². The number of phenolic OH excluding ortho intramolecular Hbond substituents is 1. The highest BCUT2D eigenvalue weighted by Crippen LogP contribution is 2.40. The van der Waals surface area contributed by atoms with Crippen LogP contribution in [0.1, 0.15) is 108 Å². The van der Waals surface area contributed by atoms with Gasteiger partial charge in [0.05, 0.1) is 12.1 Å². The van der Waals surface area contributed by atoms with Crippen molar-refractivity contribution in [2.45, 2.75) is 109 Å². The van der Waals surface area contributed by atoms with Crippen LogP contribution in [-0.4, -0.2) is 72.7 Å². The molecular formula is C40H57N5O6. The molecule has 1 aliphatic heterocycles. The van der Waals surface area contributed by atoms with Crippen molar-refractivity contribution in [2.75, 3.05) is 33.3 Å². The number of unbranched alkanes of at least 4 members (excludes halogenated alkanes) is 7. The topological polar surface area (TPSA) is 175 Å². The third-order valence-corrected chi connectivity index (χ3v) is 9.44. The molecule has 51 heavy (non-hydrogen) atoms. The Morgan fingerprint density at radius 2 is 1.73 bits per heavy atom. The molecule has 278 valence electrons. The number of nitrogens with one attached hydrogen (secondary N) is 2. The number of nitrogens with zero attached hydrogens (tertiary/aromatic N) is 2. The number of ether oxygens (including phenoxy) is 1. The van der Waals surface area contributed by atoms with Crippen molar-refractivity contribution >= 4 is 23.4 Å². The molecule has 1 heterocycles. The monoisotopic (exact) mass is 703 g/mol. The molecule has 0 aromatic heterocycles. The van der Waals surface area contributed by atoms with E-state index in [1.807, 2.05) is 6.07 Å². The van der Waals surface area contributed by atoms with Gasteiger partial charge in [-0.2, -0.15) is 5.26 Å². The molecule has 0 saturated heterocycles. The van der Waals surface area contributed by atoms with E-state index in [-0.39, 0.29) is 68.5 Å². The molecule has 0 unspecified atom stereocenters. The van der Waals surface area contributed by atoms with Crippen LogP contribution in [0, 0.1) is 17.2 Å². The maximum atomic E-state index is 14.1. The number of aromatic hydroxyl groups is 1. The van der Waals surface area contributed by atoms with Gasteiger partial charge in [-0.25, -0.2) is 0 Å². The van der Waals surface area contributed by atoms with E-state index in [9.17, 15) is 24.3 Å². The van der Waals surface area contributed by atoms with Crippen molar-refractivity contribution in [3.8, 4) is 28.7 Å². The SMILES string of the molecule is CCCCCCCCCCNCCC(=O)N(C)[C@@H]1C(=O)C[C@@H](C)C(=O)N[C@H](C(=O)CCC#N)Cc2ccc(OCCN)c(c2)-c2cc1ccc2O. The first-order valence-electron chi connectivity index (χ1n) is 18.6. The number of benzene rings is 2. The van der Waals surface area contributed by atoms with Gasteiger partial charge in [0.1, 0.15) is 24.1 Å². The molecule has 0 radical (unpaired) electrons. The summed E-state index contributed by atoms with van der Waals surface area (Å²) in [7, 11) is 1.59. The zero-order valence-electron chi connectivity index (χ0n) is 30.7. The number of carbonyl (C=O) groups is 4. The van der Waals surface area contributed by atoms with E-state index in [1.54, 1.807) is 44.3 Å². The van der Waals surface area contributed by atoms with E-state index in [4.69, 9.17) is 15.7 Å². The first-order chi connectivity index (χ1) is 24.6. The van der Waals surface area contributed by atoms with Crippen molar-refractivity contribution in [1.82, 2.24) is 15.5 Å². The Bertz CT molecular complexity index is 1500. The molecular weight excluding hydrogens is 646 g/mol. The Balaban J connectivity index is 1.89. The molecule has 3 rings (SSSR count). The molecule has 2 aromatic rings. The first-order valence-corrected chi connectivity index (χ1v) is 18.6. The Kier molecular flexibility index (Phi) is 17.6. The van der Waals surface area contributed by atoms with Gasteiger partial charge in [0, 0.05) is 62.9 Å². The number of hydrogen-bond donors (Lipinski definition) is 4. The average molecular weight is 704 g/mol. The summed E-state index contributed by atoms with van der Waals surface area (Å²) >= 11 is 0. The number of ketones is 2. The van der Waals surface area contributed by atoms with Crippen LogP contribution in [-0.2, 0) is 25.6 Å². The second kappa shape index (κ2) is 21.8. The second-order valence-corrected chi connectivity index (χ2v) is 13.6. The molecule has 5 N–H and O–H groups in total. The summed E-state index contributed by atoms with van der Waals surface area (Å²) in [5.74, 6) is -1.78. The number of likely N-dealkylation sites (N-methyl/N-ethyl adjacent to an activating group) is 1. The summed E-state index contributed by atoms with van der Waals surface area (Å²) in [4.78, 5) is 55.7. The highest BCUT2D eigenvalue weighted by Gasteiger charge is 2.33. The smallest absolute Gasteiger partial charge is 0.224 e. The molecule has 0 spiro atoms. The molecule has 0 aliphatic carbocycles. The van der Waals surface area contributed by atoms with Gasteiger partial charge in [-0.05, 0) is 54.8 Å². The number of nitriles is 1. The summed E-state index contributed by atoms with van der Waals surface area (Å²) in [6, 6.07) is 10.1. The third kappa shape index (κ3) is 12.8. The summed E-state index contributed by atoms with van der Waals surface area (Å²) in [6.45, 7) is 5.58. The maximum absolute atomic E-state index is 14.1. The number of carbonyl (C=O) groups excluding carboxylic acids is 4. The van der Waals surface area contributed by atoms with Crippen LogP contribution in [0.4, 0.5) is 0 Å². The zero-order chi connectivity index (χ0) is 37.2. The largest absolute Gasteiger partial charge is 0.507 e. The fourth-order valence-electron chi connectivity index (χ4n) is 6.45. The van der Waals surface area contributed by atoms with Gasteiger partial charge in [-0.1, -0.05) is 70.9 Å². The van der Waals surface area contributed by atoms with E-state index in [0.717, 1.165) is 19.4 Å². The lowest BCUT2D eigenvalue weighted by Gasteiger charge is -2.30. The lowest BCUT2D eigenvalue weighted by molar-refractivity contribution is -0.139. The number of amides is 2. The molecule has 2 amide bonds. The number of nitrogens with two attached hydrogens (primary N) is 1. The average Bonchev–Trinajstić information content (AvgIpc) is 3.12. The van der Waals surface area contributed by atoms with Gasteiger partial charge in [-0.15, -0.1) is 0 Å². The van der Waals surface area contributed by atoms with Gasteiger partial charge in [0.15, 0.2) is 11.6 Å². The highest BCUT2D eigenvalue weighted by molar-refractivity contribution is 5.95. The lowest BCUT2D eigenvalue weighted by atomic mass is 9.89. The minimum atomic E-state index is -1.03. The number of rotatable bonds is 19. The molecule has 1 aliphatic rings. The normalized spacial score (nSPS) is 17.6. The minimum Gasteiger partial charge on any atom is -0.507 e. The van der Waals surface area contributed by atoms with E-state index >= 15 is 0 Å². The van der Waals surface area contributed by atoms with Crippen LogP contribution in [0.2, 0.25) is 0 Å². The minimum absolute atomic E-state index is 0.00772. The van der Waals surface area contributed by atoms with Crippen LogP contribution in [0.25, 0.3) is 11.1 Å². The van der Waals surface area contributed by atoms with E-state index in [1.165, 1.54) is 49.5 Å². The third-order valence-electron chi connectivity index (χ3n) is 9.44. The standard InChI is InChI=1S/C40H57N5O6/c1-4-5-6-7-8-9-10-11-21-43-22-18-38(49)45(3)39-30-15-16-34(46)31(27-30)32-25-29(14-17-37(32)51-23-20-42)26-33(35(47)13-12-19-41)44-40(50)28(2)24-36(39)48/h14-17,25,27-28,33,39,43,46H,4-13,18,20-24,26,42H2,1-3H3,(H,44,50)/t28-,33+,39+/m1/s1. The number of hydrogen-bond acceptors (Lipinski definition) is 9. The maximum Gasteiger partial charge on any atom is 0.224 e. The summed E-state index contributed by atoms with van der Waals surface area (Å²) < 4.78 is 5.94. The molecule has 11 nitrogen and oxygen atoms in total. The van der Waals surface area contributed by atoms with Crippen LogP contribution in [0.5, 0.6) is 11.5 Å². The van der Waals surface area contributed by atoms with E-state index < -0.39 is 23.9 Å².